The van der Waals surface area contributed by atoms with Crippen molar-refractivity contribution in [1.82, 2.24) is 9.97 Å². The van der Waals surface area contributed by atoms with E-state index in [0.29, 0.717) is 6.04 Å². The lowest BCUT2D eigenvalue weighted by molar-refractivity contribution is 0.338. The first kappa shape index (κ1) is 12.8. The molecule has 2 aromatic rings. The highest BCUT2D eigenvalue weighted by atomic mass is 32.1. The van der Waals surface area contributed by atoms with Crippen molar-refractivity contribution in [1.29, 1.82) is 0 Å². The summed E-state index contributed by atoms with van der Waals surface area (Å²) >= 11 is 1.72. The average molecular weight is 276 g/mol. The van der Waals surface area contributed by atoms with Crippen molar-refractivity contribution in [3.05, 3.63) is 17.3 Å². The lowest BCUT2D eigenvalue weighted by Crippen LogP contribution is -2.29. The molecule has 2 heterocycles. The van der Waals surface area contributed by atoms with Crippen molar-refractivity contribution >= 4 is 27.4 Å². The molecule has 19 heavy (non-hydrogen) atoms. The summed E-state index contributed by atoms with van der Waals surface area (Å²) in [5, 5.41) is 4.65. The molecule has 0 radical (unpaired) electrons. The summed E-state index contributed by atoms with van der Waals surface area (Å²) in [5.41, 5.74) is 5.94. The molecule has 0 amide bonds. The molecule has 0 atom stereocenters. The Labute approximate surface area is 117 Å². The molecule has 0 saturated heterocycles. The normalized spacial score (nSPS) is 23.7. The van der Waals surface area contributed by atoms with E-state index in [4.69, 9.17) is 5.73 Å². The van der Waals surface area contributed by atoms with E-state index in [1.807, 2.05) is 0 Å². The van der Waals surface area contributed by atoms with E-state index in [1.54, 1.807) is 17.7 Å². The van der Waals surface area contributed by atoms with Crippen molar-refractivity contribution in [3.8, 4) is 0 Å². The van der Waals surface area contributed by atoms with E-state index < -0.39 is 0 Å². The van der Waals surface area contributed by atoms with Gasteiger partial charge in [0, 0.05) is 17.5 Å². The van der Waals surface area contributed by atoms with Gasteiger partial charge in [-0.2, -0.15) is 0 Å². The van der Waals surface area contributed by atoms with Gasteiger partial charge in [-0.1, -0.05) is 0 Å². The molecule has 0 aromatic carbocycles. The van der Waals surface area contributed by atoms with Crippen molar-refractivity contribution in [2.75, 3.05) is 11.9 Å². The molecular weight excluding hydrogens is 256 g/mol. The summed E-state index contributed by atoms with van der Waals surface area (Å²) in [4.78, 5) is 11.0. The predicted octanol–water partition coefficient (Wildman–Crippen LogP) is 2.93. The third kappa shape index (κ3) is 2.87. The summed E-state index contributed by atoms with van der Waals surface area (Å²) in [6.07, 6.45) is 6.42. The molecule has 4 nitrogen and oxygen atoms in total. The number of thiophene rings is 1. The number of hydrogen-bond donors (Lipinski definition) is 2. The van der Waals surface area contributed by atoms with E-state index in [9.17, 15) is 0 Å². The summed E-state index contributed by atoms with van der Waals surface area (Å²) in [7, 11) is 0. The van der Waals surface area contributed by atoms with Crippen LogP contribution in [-0.4, -0.2) is 22.6 Å². The largest absolute Gasteiger partial charge is 0.369 e. The van der Waals surface area contributed by atoms with Gasteiger partial charge < -0.3 is 11.1 Å². The van der Waals surface area contributed by atoms with E-state index >= 15 is 0 Å². The molecule has 0 bridgehead atoms. The standard InChI is InChI=1S/C14H20N4S/c1-9-6-12-13(17-8-18-14(12)19-9)16-7-10-2-4-11(15)5-3-10/h6,8,10-11H,2-5,7,15H2,1H3,(H,16,17,18). The number of nitrogens with one attached hydrogen (secondary N) is 1. The van der Waals surface area contributed by atoms with Crippen LogP contribution in [0.1, 0.15) is 30.6 Å². The SMILES string of the molecule is Cc1cc2c(NCC3CCC(N)CC3)ncnc2s1. The van der Waals surface area contributed by atoms with Crippen molar-refractivity contribution in [3.63, 3.8) is 0 Å². The van der Waals surface area contributed by atoms with Crippen LogP contribution in [0.15, 0.2) is 12.4 Å². The van der Waals surface area contributed by atoms with Gasteiger partial charge in [-0.25, -0.2) is 9.97 Å². The third-order valence-corrected chi connectivity index (χ3v) is 4.86. The lowest BCUT2D eigenvalue weighted by atomic mass is 9.86. The number of aromatic nitrogens is 2. The van der Waals surface area contributed by atoms with Crippen molar-refractivity contribution in [2.24, 2.45) is 11.7 Å². The van der Waals surface area contributed by atoms with Crippen molar-refractivity contribution in [2.45, 2.75) is 38.6 Å². The van der Waals surface area contributed by atoms with Crippen LogP contribution in [0.4, 0.5) is 5.82 Å². The molecule has 102 valence electrons. The minimum Gasteiger partial charge on any atom is -0.369 e. The molecule has 5 heteroatoms. The van der Waals surface area contributed by atoms with E-state index in [1.165, 1.54) is 17.7 Å². The molecule has 0 aliphatic heterocycles. The highest BCUT2D eigenvalue weighted by Gasteiger charge is 2.18. The number of aryl methyl sites for hydroxylation is 1. The second-order valence-electron chi connectivity index (χ2n) is 5.46. The molecule has 0 spiro atoms. The van der Waals surface area contributed by atoms with Gasteiger partial charge in [0.15, 0.2) is 0 Å². The Balaban J connectivity index is 1.68. The first-order chi connectivity index (χ1) is 9.22. The van der Waals surface area contributed by atoms with Crippen LogP contribution in [0, 0.1) is 12.8 Å². The van der Waals surface area contributed by atoms with Crippen LogP contribution in [-0.2, 0) is 0 Å². The maximum absolute atomic E-state index is 5.94. The smallest absolute Gasteiger partial charge is 0.138 e. The van der Waals surface area contributed by atoms with Gasteiger partial charge in [0.1, 0.15) is 17.0 Å². The number of fused-ring (bicyclic) bond motifs is 1. The zero-order chi connectivity index (χ0) is 13.2. The zero-order valence-corrected chi connectivity index (χ0v) is 12.0. The number of rotatable bonds is 3. The van der Waals surface area contributed by atoms with E-state index in [2.05, 4.69) is 28.3 Å². The fourth-order valence-electron chi connectivity index (χ4n) is 2.75. The van der Waals surface area contributed by atoms with Gasteiger partial charge in [0.25, 0.3) is 0 Å². The fraction of sp³-hybridized carbons (Fsp3) is 0.571. The van der Waals surface area contributed by atoms with Crippen LogP contribution in [0.3, 0.4) is 0 Å². The number of hydrogen-bond acceptors (Lipinski definition) is 5. The zero-order valence-electron chi connectivity index (χ0n) is 11.2. The Morgan fingerprint density at radius 3 is 2.89 bits per heavy atom. The Hall–Kier alpha value is -1.20. The van der Waals surface area contributed by atoms with Crippen LogP contribution >= 0.6 is 11.3 Å². The van der Waals surface area contributed by atoms with Gasteiger partial charge in [0.2, 0.25) is 0 Å². The van der Waals surface area contributed by atoms with Gasteiger partial charge >= 0.3 is 0 Å². The Morgan fingerprint density at radius 1 is 1.32 bits per heavy atom. The van der Waals surface area contributed by atoms with Crippen LogP contribution in [0.2, 0.25) is 0 Å². The first-order valence-electron chi connectivity index (χ1n) is 6.93. The molecular formula is C14H20N4S. The Morgan fingerprint density at radius 2 is 2.11 bits per heavy atom. The third-order valence-electron chi connectivity index (χ3n) is 3.90. The maximum Gasteiger partial charge on any atom is 0.138 e. The minimum atomic E-state index is 0.418. The highest BCUT2D eigenvalue weighted by Crippen LogP contribution is 2.28. The Bertz CT molecular complexity index is 558. The van der Waals surface area contributed by atoms with E-state index in [-0.39, 0.29) is 0 Å². The number of nitrogens with zero attached hydrogens (tertiary/aromatic N) is 2. The van der Waals surface area contributed by atoms with Gasteiger partial charge in [-0.05, 0) is 44.6 Å². The maximum atomic E-state index is 5.94. The molecule has 0 unspecified atom stereocenters. The fourth-order valence-corrected chi connectivity index (χ4v) is 3.60. The second-order valence-corrected chi connectivity index (χ2v) is 6.69. The monoisotopic (exact) mass is 276 g/mol. The van der Waals surface area contributed by atoms with Crippen LogP contribution in [0.5, 0.6) is 0 Å². The second kappa shape index (κ2) is 5.43. The Kier molecular flexibility index (Phi) is 3.66. The van der Waals surface area contributed by atoms with Crippen molar-refractivity contribution < 1.29 is 0 Å². The lowest BCUT2D eigenvalue weighted by Gasteiger charge is -2.26. The van der Waals surface area contributed by atoms with Crippen LogP contribution in [0.25, 0.3) is 10.2 Å². The van der Waals surface area contributed by atoms with Gasteiger partial charge in [-0.3, -0.25) is 0 Å². The van der Waals surface area contributed by atoms with Gasteiger partial charge in [0.05, 0.1) is 5.39 Å². The summed E-state index contributed by atoms with van der Waals surface area (Å²) < 4.78 is 0. The topological polar surface area (TPSA) is 63.8 Å². The summed E-state index contributed by atoms with van der Waals surface area (Å²) in [5.74, 6) is 1.70. The molecule has 1 fully saturated rings. The van der Waals surface area contributed by atoms with Crippen LogP contribution < -0.4 is 11.1 Å². The molecule has 3 rings (SSSR count). The summed E-state index contributed by atoms with van der Waals surface area (Å²) in [6, 6.07) is 2.58. The minimum absolute atomic E-state index is 0.418. The molecule has 1 saturated carbocycles. The number of nitrogens with two attached hydrogens (primary N) is 1. The molecule has 1 aliphatic carbocycles. The first-order valence-corrected chi connectivity index (χ1v) is 7.74. The molecule has 2 aromatic heterocycles. The average Bonchev–Trinajstić information content (AvgIpc) is 2.79. The molecule has 3 N–H and O–H groups in total. The number of anilines is 1. The quantitative estimate of drug-likeness (QED) is 0.904. The predicted molar refractivity (Wildman–Crippen MR) is 80.6 cm³/mol. The van der Waals surface area contributed by atoms with Gasteiger partial charge in [-0.15, -0.1) is 11.3 Å². The summed E-state index contributed by atoms with van der Waals surface area (Å²) in [6.45, 7) is 3.10. The molecule has 1 aliphatic rings. The van der Waals surface area contributed by atoms with E-state index in [0.717, 1.165) is 41.3 Å². The highest BCUT2D eigenvalue weighted by molar-refractivity contribution is 7.18.